The van der Waals surface area contributed by atoms with Crippen LogP contribution in [0.15, 0.2) is 63.3 Å². The topological polar surface area (TPSA) is 79.4 Å². The molecule has 0 spiro atoms. The Kier molecular flexibility index (Phi) is 6.84. The van der Waals surface area contributed by atoms with Gasteiger partial charge in [0.1, 0.15) is 0 Å². The quantitative estimate of drug-likeness (QED) is 0.509. The highest BCUT2D eigenvalue weighted by Gasteiger charge is 2.21. The number of carbonyl (C=O) groups is 1. The molecule has 0 aliphatic carbocycles. The molecule has 0 saturated heterocycles. The summed E-state index contributed by atoms with van der Waals surface area (Å²) in [4.78, 5) is 17.1. The number of halogens is 1. The predicted molar refractivity (Wildman–Crippen MR) is 120 cm³/mol. The predicted octanol–water partition coefficient (Wildman–Crippen LogP) is 4.86. The van der Waals surface area contributed by atoms with E-state index >= 15 is 0 Å². The van der Waals surface area contributed by atoms with Gasteiger partial charge in [-0.2, -0.15) is 4.31 Å². The van der Waals surface area contributed by atoms with Gasteiger partial charge in [0, 0.05) is 34.1 Å². The van der Waals surface area contributed by atoms with E-state index in [0.29, 0.717) is 23.8 Å². The fraction of sp³-hybridized carbons (Fsp3) is 0.200. The summed E-state index contributed by atoms with van der Waals surface area (Å²) in [6.07, 6.45) is 0. The first kappa shape index (κ1) is 21.6. The van der Waals surface area contributed by atoms with Crippen LogP contribution in [0.1, 0.15) is 24.2 Å². The Bertz CT molecular complexity index is 1090. The SMILES string of the molecule is CCN(CC)S(=O)(=O)c1ccc(C(=O)Nc2nc(-c3ccc(Br)cc3)cs2)cc1. The van der Waals surface area contributed by atoms with Crippen molar-refractivity contribution < 1.29 is 13.2 Å². The van der Waals surface area contributed by atoms with Crippen molar-refractivity contribution in [2.24, 2.45) is 0 Å². The number of carbonyl (C=O) groups excluding carboxylic acids is 1. The maximum Gasteiger partial charge on any atom is 0.257 e. The van der Waals surface area contributed by atoms with Gasteiger partial charge in [0.15, 0.2) is 5.13 Å². The van der Waals surface area contributed by atoms with Crippen molar-refractivity contribution in [3.63, 3.8) is 0 Å². The van der Waals surface area contributed by atoms with Crippen molar-refractivity contribution in [1.29, 1.82) is 0 Å². The minimum Gasteiger partial charge on any atom is -0.298 e. The molecule has 2 aromatic carbocycles. The Morgan fingerprint density at radius 1 is 1.07 bits per heavy atom. The maximum atomic E-state index is 12.5. The lowest BCUT2D eigenvalue weighted by atomic mass is 10.2. The fourth-order valence-corrected chi connectivity index (χ4v) is 5.18. The number of rotatable bonds is 7. The van der Waals surface area contributed by atoms with Crippen LogP contribution in [0.25, 0.3) is 11.3 Å². The first-order valence-corrected chi connectivity index (χ1v) is 12.1. The van der Waals surface area contributed by atoms with Crippen molar-refractivity contribution in [3.8, 4) is 11.3 Å². The molecule has 29 heavy (non-hydrogen) atoms. The summed E-state index contributed by atoms with van der Waals surface area (Å²) in [5, 5.41) is 5.12. The van der Waals surface area contributed by atoms with Gasteiger partial charge in [0.25, 0.3) is 5.91 Å². The molecule has 0 saturated carbocycles. The number of sulfonamides is 1. The molecule has 0 radical (unpaired) electrons. The highest BCUT2D eigenvalue weighted by molar-refractivity contribution is 9.10. The monoisotopic (exact) mass is 493 g/mol. The van der Waals surface area contributed by atoms with Crippen LogP contribution < -0.4 is 5.32 Å². The fourth-order valence-electron chi connectivity index (χ4n) is 2.74. The Hall–Kier alpha value is -2.07. The summed E-state index contributed by atoms with van der Waals surface area (Å²) in [6, 6.07) is 13.7. The molecule has 0 fully saturated rings. The smallest absolute Gasteiger partial charge is 0.257 e. The molecule has 1 amide bonds. The van der Waals surface area contributed by atoms with Gasteiger partial charge in [-0.1, -0.05) is 41.9 Å². The normalized spacial score (nSPS) is 11.6. The molecule has 1 aromatic heterocycles. The third-order valence-electron chi connectivity index (χ3n) is 4.32. The van der Waals surface area contributed by atoms with Crippen LogP contribution in [0.3, 0.4) is 0 Å². The Labute approximate surface area is 182 Å². The number of amides is 1. The van der Waals surface area contributed by atoms with Crippen molar-refractivity contribution in [3.05, 3.63) is 63.9 Å². The van der Waals surface area contributed by atoms with E-state index in [9.17, 15) is 13.2 Å². The summed E-state index contributed by atoms with van der Waals surface area (Å²) in [7, 11) is -3.54. The molecule has 0 aliphatic heterocycles. The third-order valence-corrected chi connectivity index (χ3v) is 7.67. The zero-order chi connectivity index (χ0) is 21.0. The molecule has 0 bridgehead atoms. The number of nitrogens with one attached hydrogen (secondary N) is 1. The van der Waals surface area contributed by atoms with Gasteiger partial charge in [-0.05, 0) is 36.4 Å². The Morgan fingerprint density at radius 2 is 1.69 bits per heavy atom. The van der Waals surface area contributed by atoms with E-state index in [1.165, 1.54) is 39.9 Å². The minimum absolute atomic E-state index is 0.171. The zero-order valence-corrected chi connectivity index (χ0v) is 19.1. The second kappa shape index (κ2) is 9.17. The molecule has 3 aromatic rings. The van der Waals surface area contributed by atoms with Crippen LogP contribution in [0.2, 0.25) is 0 Å². The lowest BCUT2D eigenvalue weighted by molar-refractivity contribution is 0.102. The van der Waals surface area contributed by atoms with E-state index < -0.39 is 10.0 Å². The number of benzene rings is 2. The van der Waals surface area contributed by atoms with Crippen LogP contribution in [-0.4, -0.2) is 36.7 Å². The van der Waals surface area contributed by atoms with Crippen molar-refractivity contribution in [2.45, 2.75) is 18.7 Å². The first-order valence-electron chi connectivity index (χ1n) is 8.98. The summed E-state index contributed by atoms with van der Waals surface area (Å²) in [5.41, 5.74) is 2.10. The average molecular weight is 494 g/mol. The van der Waals surface area contributed by atoms with Crippen LogP contribution >= 0.6 is 27.3 Å². The van der Waals surface area contributed by atoms with Gasteiger partial charge in [-0.3, -0.25) is 10.1 Å². The number of thiazole rings is 1. The Morgan fingerprint density at radius 3 is 2.28 bits per heavy atom. The van der Waals surface area contributed by atoms with E-state index in [4.69, 9.17) is 0 Å². The van der Waals surface area contributed by atoms with Crippen molar-refractivity contribution >= 4 is 48.3 Å². The zero-order valence-electron chi connectivity index (χ0n) is 15.9. The van der Waals surface area contributed by atoms with Gasteiger partial charge >= 0.3 is 0 Å². The van der Waals surface area contributed by atoms with Crippen LogP contribution in [0.5, 0.6) is 0 Å². The van der Waals surface area contributed by atoms with E-state index in [2.05, 4.69) is 26.2 Å². The minimum atomic E-state index is -3.54. The number of nitrogens with zero attached hydrogens (tertiary/aromatic N) is 2. The molecule has 0 aliphatic rings. The second-order valence-electron chi connectivity index (χ2n) is 6.11. The molecule has 0 unspecified atom stereocenters. The number of aromatic nitrogens is 1. The molecule has 6 nitrogen and oxygen atoms in total. The van der Waals surface area contributed by atoms with Crippen molar-refractivity contribution in [2.75, 3.05) is 18.4 Å². The maximum absolute atomic E-state index is 12.5. The largest absolute Gasteiger partial charge is 0.298 e. The molecular formula is C20H20BrN3O3S2. The highest BCUT2D eigenvalue weighted by atomic mass is 79.9. The van der Waals surface area contributed by atoms with Crippen LogP contribution in [0.4, 0.5) is 5.13 Å². The molecule has 152 valence electrons. The summed E-state index contributed by atoms with van der Waals surface area (Å²) < 4.78 is 27.4. The van der Waals surface area contributed by atoms with E-state index in [0.717, 1.165) is 15.7 Å². The Balaban J connectivity index is 1.72. The molecule has 0 atom stereocenters. The van der Waals surface area contributed by atoms with E-state index in [-0.39, 0.29) is 10.8 Å². The lowest BCUT2D eigenvalue weighted by Crippen LogP contribution is -2.30. The number of hydrogen-bond acceptors (Lipinski definition) is 5. The summed E-state index contributed by atoms with van der Waals surface area (Å²) in [6.45, 7) is 4.37. The van der Waals surface area contributed by atoms with Gasteiger partial charge in [-0.15, -0.1) is 11.3 Å². The van der Waals surface area contributed by atoms with Crippen LogP contribution in [-0.2, 0) is 10.0 Å². The average Bonchev–Trinajstić information content (AvgIpc) is 3.17. The molecule has 1 heterocycles. The molecule has 9 heteroatoms. The number of hydrogen-bond donors (Lipinski definition) is 1. The molecular weight excluding hydrogens is 474 g/mol. The van der Waals surface area contributed by atoms with E-state index in [1.807, 2.05) is 29.6 Å². The van der Waals surface area contributed by atoms with Crippen molar-refractivity contribution in [1.82, 2.24) is 9.29 Å². The summed E-state index contributed by atoms with van der Waals surface area (Å²) in [5.74, 6) is -0.339. The third kappa shape index (κ3) is 4.92. The lowest BCUT2D eigenvalue weighted by Gasteiger charge is -2.18. The van der Waals surface area contributed by atoms with Gasteiger partial charge in [0.05, 0.1) is 10.6 Å². The highest BCUT2D eigenvalue weighted by Crippen LogP contribution is 2.26. The standard InChI is InChI=1S/C20H20BrN3O3S2/c1-3-24(4-2)29(26,27)17-11-7-15(8-12-17)19(25)23-20-22-18(13-28-20)14-5-9-16(21)10-6-14/h5-13H,3-4H2,1-2H3,(H,22,23,25). The van der Waals surface area contributed by atoms with Crippen LogP contribution in [0, 0.1) is 0 Å². The molecule has 3 rings (SSSR count). The van der Waals surface area contributed by atoms with Gasteiger partial charge in [0.2, 0.25) is 10.0 Å². The summed E-state index contributed by atoms with van der Waals surface area (Å²) >= 11 is 4.73. The van der Waals surface area contributed by atoms with Gasteiger partial charge in [-0.25, -0.2) is 13.4 Å². The van der Waals surface area contributed by atoms with E-state index in [1.54, 1.807) is 13.8 Å². The first-order chi connectivity index (χ1) is 13.8. The second-order valence-corrected chi connectivity index (χ2v) is 9.82. The molecule has 1 N–H and O–H groups in total. The van der Waals surface area contributed by atoms with Gasteiger partial charge < -0.3 is 0 Å². The number of anilines is 1.